The zero-order valence-electron chi connectivity index (χ0n) is 11.4. The van der Waals surface area contributed by atoms with Gasteiger partial charge in [-0.15, -0.1) is 0 Å². The molecule has 0 atom stereocenters. The molecule has 2 aromatic rings. The van der Waals surface area contributed by atoms with Crippen molar-refractivity contribution in [2.45, 2.75) is 13.3 Å². The van der Waals surface area contributed by atoms with Crippen LogP contribution < -0.4 is 5.32 Å². The molecule has 2 N–H and O–H groups in total. The molecule has 0 saturated carbocycles. The Bertz CT molecular complexity index is 698. The number of hydrogen-bond acceptors (Lipinski definition) is 2. The Kier molecular flexibility index (Phi) is 4.60. The van der Waals surface area contributed by atoms with Gasteiger partial charge in [0, 0.05) is 0 Å². The summed E-state index contributed by atoms with van der Waals surface area (Å²) in [5.41, 5.74) is 2.21. The molecule has 4 nitrogen and oxygen atoms in total. The third kappa shape index (κ3) is 3.61. The number of aryl methyl sites for hydroxylation is 1. The van der Waals surface area contributed by atoms with Gasteiger partial charge in [0.25, 0.3) is 0 Å². The molecule has 0 fully saturated rings. The average Bonchev–Trinajstić information content (AvgIpc) is 2.43. The zero-order valence-corrected chi connectivity index (χ0v) is 12.1. The number of rotatable bonds is 4. The van der Waals surface area contributed by atoms with E-state index in [0.717, 1.165) is 11.1 Å². The van der Waals surface area contributed by atoms with Gasteiger partial charge in [-0.1, -0.05) is 41.9 Å². The highest BCUT2D eigenvalue weighted by atomic mass is 35.5. The molecule has 0 aromatic heterocycles. The molecule has 0 radical (unpaired) electrons. The molecule has 1 amide bonds. The smallest absolute Gasteiger partial charge is 0.337 e. The van der Waals surface area contributed by atoms with E-state index in [1.807, 2.05) is 31.2 Å². The van der Waals surface area contributed by atoms with Gasteiger partial charge >= 0.3 is 5.97 Å². The molecule has 108 valence electrons. The number of hydrogen-bond donors (Lipinski definition) is 2. The fourth-order valence-electron chi connectivity index (χ4n) is 1.97. The maximum Gasteiger partial charge on any atom is 0.337 e. The molecular formula is C16H14ClNO3. The van der Waals surface area contributed by atoms with Crippen LogP contribution >= 0.6 is 11.6 Å². The molecule has 0 aliphatic heterocycles. The van der Waals surface area contributed by atoms with Crippen molar-refractivity contribution in [1.29, 1.82) is 0 Å². The lowest BCUT2D eigenvalue weighted by Gasteiger charge is -2.10. The maximum atomic E-state index is 12.1. The van der Waals surface area contributed by atoms with Crippen molar-refractivity contribution in [3.05, 3.63) is 64.2 Å². The highest BCUT2D eigenvalue weighted by Crippen LogP contribution is 2.26. The molecule has 2 aromatic carbocycles. The average molecular weight is 304 g/mol. The van der Waals surface area contributed by atoms with Crippen LogP contribution in [0.2, 0.25) is 5.02 Å². The predicted molar refractivity (Wildman–Crippen MR) is 81.9 cm³/mol. The van der Waals surface area contributed by atoms with Gasteiger partial charge in [0.1, 0.15) is 0 Å². The van der Waals surface area contributed by atoms with Crippen LogP contribution in [0.25, 0.3) is 0 Å². The first kappa shape index (κ1) is 15.1. The van der Waals surface area contributed by atoms with Crippen LogP contribution in [-0.4, -0.2) is 17.0 Å². The van der Waals surface area contributed by atoms with E-state index < -0.39 is 5.97 Å². The molecule has 0 spiro atoms. The van der Waals surface area contributed by atoms with Gasteiger partial charge in [0.2, 0.25) is 5.91 Å². The highest BCUT2D eigenvalue weighted by molar-refractivity contribution is 6.36. The largest absolute Gasteiger partial charge is 0.478 e. The lowest BCUT2D eigenvalue weighted by molar-refractivity contribution is -0.115. The minimum absolute atomic E-state index is 0.0307. The number of carbonyl (C=O) groups is 2. The molecule has 0 heterocycles. The van der Waals surface area contributed by atoms with Gasteiger partial charge in [-0.2, -0.15) is 0 Å². The Morgan fingerprint density at radius 1 is 1.14 bits per heavy atom. The minimum Gasteiger partial charge on any atom is -0.478 e. The Balaban J connectivity index is 2.15. The Hall–Kier alpha value is -2.33. The minimum atomic E-state index is -1.13. The topological polar surface area (TPSA) is 66.4 Å². The summed E-state index contributed by atoms with van der Waals surface area (Å²) in [5.74, 6) is -1.37. The SMILES string of the molecule is Cc1ccccc1CC(=O)Nc1cccc(C(=O)O)c1Cl. The second-order valence-electron chi connectivity index (χ2n) is 4.62. The Morgan fingerprint density at radius 2 is 1.86 bits per heavy atom. The number of anilines is 1. The Morgan fingerprint density at radius 3 is 2.52 bits per heavy atom. The van der Waals surface area contributed by atoms with Crippen LogP contribution in [0.1, 0.15) is 21.5 Å². The highest BCUT2D eigenvalue weighted by Gasteiger charge is 2.14. The van der Waals surface area contributed by atoms with Gasteiger partial charge in [-0.25, -0.2) is 4.79 Å². The van der Waals surface area contributed by atoms with E-state index in [9.17, 15) is 9.59 Å². The molecule has 21 heavy (non-hydrogen) atoms. The molecule has 2 rings (SSSR count). The van der Waals surface area contributed by atoms with E-state index in [2.05, 4.69) is 5.32 Å². The van der Waals surface area contributed by atoms with Crippen molar-refractivity contribution in [2.75, 3.05) is 5.32 Å². The number of amides is 1. The molecular weight excluding hydrogens is 290 g/mol. The summed E-state index contributed by atoms with van der Waals surface area (Å²) in [7, 11) is 0. The number of aromatic carboxylic acids is 1. The quantitative estimate of drug-likeness (QED) is 0.908. The van der Waals surface area contributed by atoms with Gasteiger partial charge < -0.3 is 10.4 Å². The van der Waals surface area contributed by atoms with Crippen LogP contribution in [-0.2, 0) is 11.2 Å². The summed E-state index contributed by atoms with van der Waals surface area (Å²) in [5, 5.41) is 11.7. The summed E-state index contributed by atoms with van der Waals surface area (Å²) < 4.78 is 0. The van der Waals surface area contributed by atoms with Crippen molar-refractivity contribution in [2.24, 2.45) is 0 Å². The van der Waals surface area contributed by atoms with Gasteiger partial charge in [-0.05, 0) is 30.2 Å². The van der Waals surface area contributed by atoms with Crippen molar-refractivity contribution in [3.63, 3.8) is 0 Å². The van der Waals surface area contributed by atoms with Crippen LogP contribution in [0.3, 0.4) is 0 Å². The standard InChI is InChI=1S/C16H14ClNO3/c1-10-5-2-3-6-11(10)9-14(19)18-13-8-4-7-12(15(13)17)16(20)21/h2-8H,9H2,1H3,(H,18,19)(H,20,21). The molecule has 0 saturated heterocycles. The third-order valence-electron chi connectivity index (χ3n) is 3.12. The lowest BCUT2D eigenvalue weighted by Crippen LogP contribution is -2.16. The number of carbonyl (C=O) groups excluding carboxylic acids is 1. The van der Waals surface area contributed by atoms with E-state index in [1.165, 1.54) is 6.07 Å². The number of halogens is 1. The summed E-state index contributed by atoms with van der Waals surface area (Å²) in [6.07, 6.45) is 0.209. The lowest BCUT2D eigenvalue weighted by atomic mass is 10.1. The first-order chi connectivity index (χ1) is 9.99. The van der Waals surface area contributed by atoms with E-state index in [1.54, 1.807) is 12.1 Å². The summed E-state index contributed by atoms with van der Waals surface area (Å²) in [6.45, 7) is 1.93. The molecule has 5 heteroatoms. The van der Waals surface area contributed by atoms with E-state index in [4.69, 9.17) is 16.7 Å². The van der Waals surface area contributed by atoms with Gasteiger partial charge in [0.05, 0.1) is 22.7 Å². The molecule has 0 aliphatic rings. The fourth-order valence-corrected chi connectivity index (χ4v) is 2.22. The summed E-state index contributed by atoms with van der Waals surface area (Å²) >= 11 is 5.99. The fraction of sp³-hybridized carbons (Fsp3) is 0.125. The van der Waals surface area contributed by atoms with Crippen LogP contribution in [0.5, 0.6) is 0 Å². The van der Waals surface area contributed by atoms with E-state index in [-0.39, 0.29) is 22.9 Å². The third-order valence-corrected chi connectivity index (χ3v) is 3.52. The van der Waals surface area contributed by atoms with Crippen LogP contribution in [0.4, 0.5) is 5.69 Å². The zero-order chi connectivity index (χ0) is 15.4. The van der Waals surface area contributed by atoms with Crippen LogP contribution in [0, 0.1) is 6.92 Å². The van der Waals surface area contributed by atoms with Crippen molar-refractivity contribution >= 4 is 29.2 Å². The monoisotopic (exact) mass is 303 g/mol. The molecule has 0 bridgehead atoms. The van der Waals surface area contributed by atoms with Gasteiger partial charge in [0.15, 0.2) is 0 Å². The summed E-state index contributed by atoms with van der Waals surface area (Å²) in [6, 6.07) is 12.1. The van der Waals surface area contributed by atoms with Crippen molar-refractivity contribution in [1.82, 2.24) is 0 Å². The second-order valence-corrected chi connectivity index (χ2v) is 5.00. The van der Waals surface area contributed by atoms with E-state index in [0.29, 0.717) is 5.69 Å². The molecule has 0 unspecified atom stereocenters. The number of nitrogens with one attached hydrogen (secondary N) is 1. The maximum absolute atomic E-state index is 12.1. The van der Waals surface area contributed by atoms with Gasteiger partial charge in [-0.3, -0.25) is 4.79 Å². The number of carboxylic acid groups (broad SMARTS) is 1. The number of carboxylic acids is 1. The van der Waals surface area contributed by atoms with Crippen molar-refractivity contribution < 1.29 is 14.7 Å². The first-order valence-corrected chi connectivity index (χ1v) is 6.73. The number of benzene rings is 2. The second kappa shape index (κ2) is 6.41. The van der Waals surface area contributed by atoms with Crippen LogP contribution in [0.15, 0.2) is 42.5 Å². The Labute approximate surface area is 127 Å². The normalized spacial score (nSPS) is 10.2. The first-order valence-electron chi connectivity index (χ1n) is 6.35. The predicted octanol–water partition coefficient (Wildman–Crippen LogP) is 3.53. The summed E-state index contributed by atoms with van der Waals surface area (Å²) in [4.78, 5) is 23.0. The molecule has 0 aliphatic carbocycles. The van der Waals surface area contributed by atoms with E-state index >= 15 is 0 Å². The van der Waals surface area contributed by atoms with Crippen molar-refractivity contribution in [3.8, 4) is 0 Å².